The SMILES string of the molecule is N#CCCN(CCC#N)C(=O)CSc1nccn1C1CC1. The van der Waals surface area contributed by atoms with Crippen LogP contribution in [0.15, 0.2) is 17.6 Å². The largest absolute Gasteiger partial charge is 0.340 e. The van der Waals surface area contributed by atoms with Gasteiger partial charge in [0.05, 0.1) is 30.7 Å². The van der Waals surface area contributed by atoms with Crippen LogP contribution in [-0.4, -0.2) is 39.2 Å². The first-order valence-electron chi connectivity index (χ1n) is 6.93. The number of carbonyl (C=O) groups excluding carboxylic acids is 1. The fourth-order valence-electron chi connectivity index (χ4n) is 1.99. The Morgan fingerprint density at radius 3 is 2.62 bits per heavy atom. The number of hydrogen-bond acceptors (Lipinski definition) is 5. The van der Waals surface area contributed by atoms with E-state index < -0.39 is 0 Å². The van der Waals surface area contributed by atoms with Gasteiger partial charge >= 0.3 is 0 Å². The molecule has 0 N–H and O–H groups in total. The van der Waals surface area contributed by atoms with Crippen molar-refractivity contribution in [3.05, 3.63) is 12.4 Å². The predicted octanol–water partition coefficient (Wildman–Crippen LogP) is 1.97. The lowest BCUT2D eigenvalue weighted by atomic mass is 10.3. The Morgan fingerprint density at radius 2 is 2.05 bits per heavy atom. The van der Waals surface area contributed by atoms with Gasteiger partial charge in [0.15, 0.2) is 5.16 Å². The molecule has 1 heterocycles. The molecule has 0 saturated heterocycles. The fraction of sp³-hybridized carbons (Fsp3) is 0.571. The van der Waals surface area contributed by atoms with Gasteiger partial charge in [-0.2, -0.15) is 10.5 Å². The average Bonchev–Trinajstić information content (AvgIpc) is 3.23. The normalized spacial score (nSPS) is 13.4. The predicted molar refractivity (Wildman–Crippen MR) is 78.3 cm³/mol. The summed E-state index contributed by atoms with van der Waals surface area (Å²) in [7, 11) is 0. The zero-order chi connectivity index (χ0) is 15.1. The van der Waals surface area contributed by atoms with E-state index in [1.54, 1.807) is 11.1 Å². The summed E-state index contributed by atoms with van der Waals surface area (Å²) in [6.45, 7) is 0.767. The summed E-state index contributed by atoms with van der Waals surface area (Å²) in [5, 5.41) is 18.1. The van der Waals surface area contributed by atoms with Crippen LogP contribution in [-0.2, 0) is 4.79 Å². The number of nitrogens with zero attached hydrogens (tertiary/aromatic N) is 5. The average molecular weight is 303 g/mol. The van der Waals surface area contributed by atoms with Crippen LogP contribution in [0.4, 0.5) is 0 Å². The number of thioether (sulfide) groups is 1. The van der Waals surface area contributed by atoms with Crippen LogP contribution in [0.3, 0.4) is 0 Å². The summed E-state index contributed by atoms with van der Waals surface area (Å²) >= 11 is 1.42. The molecule has 0 bridgehead atoms. The third-order valence-corrected chi connectivity index (χ3v) is 4.20. The molecular formula is C14H17N5OS. The maximum atomic E-state index is 12.2. The second kappa shape index (κ2) is 7.70. The Bertz CT molecular complexity index is 549. The van der Waals surface area contributed by atoms with E-state index in [9.17, 15) is 4.79 Å². The molecule has 7 heteroatoms. The maximum Gasteiger partial charge on any atom is 0.233 e. The minimum atomic E-state index is -0.0455. The highest BCUT2D eigenvalue weighted by molar-refractivity contribution is 7.99. The maximum absolute atomic E-state index is 12.2. The molecule has 0 atom stereocenters. The van der Waals surface area contributed by atoms with Crippen molar-refractivity contribution >= 4 is 17.7 Å². The second-order valence-corrected chi connectivity index (χ2v) is 5.78. The van der Waals surface area contributed by atoms with Crippen LogP contribution in [0.5, 0.6) is 0 Å². The molecule has 0 spiro atoms. The third-order valence-electron chi connectivity index (χ3n) is 3.24. The van der Waals surface area contributed by atoms with Gasteiger partial charge in [-0.25, -0.2) is 4.98 Å². The minimum Gasteiger partial charge on any atom is -0.340 e. The molecule has 0 aliphatic heterocycles. The van der Waals surface area contributed by atoms with E-state index in [4.69, 9.17) is 10.5 Å². The molecule has 6 nitrogen and oxygen atoms in total. The van der Waals surface area contributed by atoms with E-state index in [-0.39, 0.29) is 5.91 Å². The smallest absolute Gasteiger partial charge is 0.233 e. The van der Waals surface area contributed by atoms with Crippen molar-refractivity contribution in [2.75, 3.05) is 18.8 Å². The summed E-state index contributed by atoms with van der Waals surface area (Å²) in [5.74, 6) is 0.247. The molecule has 1 aromatic rings. The first kappa shape index (κ1) is 15.4. The Labute approximate surface area is 128 Å². The molecule has 1 aromatic heterocycles. The number of nitriles is 2. The standard InChI is InChI=1S/C14H17N5OS/c15-5-1-8-18(9-2-6-16)13(20)11-21-14-17-7-10-19(14)12-3-4-12/h7,10,12H,1-4,8-9,11H2. The van der Waals surface area contributed by atoms with Crippen molar-refractivity contribution in [2.24, 2.45) is 0 Å². The van der Waals surface area contributed by atoms with Gasteiger partial charge in [-0.3, -0.25) is 4.79 Å². The van der Waals surface area contributed by atoms with E-state index in [1.165, 1.54) is 24.6 Å². The van der Waals surface area contributed by atoms with Crippen molar-refractivity contribution in [1.82, 2.24) is 14.5 Å². The van der Waals surface area contributed by atoms with Crippen molar-refractivity contribution in [3.8, 4) is 12.1 Å². The highest BCUT2D eigenvalue weighted by Gasteiger charge is 2.26. The lowest BCUT2D eigenvalue weighted by Crippen LogP contribution is -2.34. The first-order valence-corrected chi connectivity index (χ1v) is 7.92. The van der Waals surface area contributed by atoms with E-state index in [0.29, 0.717) is 37.7 Å². The number of carbonyl (C=O) groups is 1. The summed E-state index contributed by atoms with van der Waals surface area (Å²) in [6.07, 6.45) is 6.64. The van der Waals surface area contributed by atoms with Gasteiger partial charge < -0.3 is 9.47 Å². The van der Waals surface area contributed by atoms with Crippen LogP contribution in [0.1, 0.15) is 31.7 Å². The van der Waals surface area contributed by atoms with Crippen LogP contribution in [0.2, 0.25) is 0 Å². The molecular weight excluding hydrogens is 286 g/mol. The molecule has 0 radical (unpaired) electrons. The number of rotatable bonds is 8. The molecule has 0 aromatic carbocycles. The first-order chi connectivity index (χ1) is 10.3. The van der Waals surface area contributed by atoms with Crippen molar-refractivity contribution in [1.29, 1.82) is 10.5 Å². The van der Waals surface area contributed by atoms with Gasteiger partial charge in [0.1, 0.15) is 0 Å². The van der Waals surface area contributed by atoms with Gasteiger partial charge in [-0.15, -0.1) is 0 Å². The van der Waals surface area contributed by atoms with Gasteiger partial charge in [-0.05, 0) is 12.8 Å². The second-order valence-electron chi connectivity index (χ2n) is 4.83. The van der Waals surface area contributed by atoms with Crippen LogP contribution in [0, 0.1) is 22.7 Å². The van der Waals surface area contributed by atoms with E-state index in [0.717, 1.165) is 5.16 Å². The van der Waals surface area contributed by atoms with Gasteiger partial charge in [-0.1, -0.05) is 11.8 Å². The molecule has 0 unspecified atom stereocenters. The van der Waals surface area contributed by atoms with Gasteiger partial charge in [0, 0.05) is 31.5 Å². The molecule has 2 rings (SSSR count). The zero-order valence-electron chi connectivity index (χ0n) is 11.7. The topological polar surface area (TPSA) is 85.7 Å². The highest BCUT2D eigenvalue weighted by Crippen LogP contribution is 2.37. The van der Waals surface area contributed by atoms with E-state index in [2.05, 4.69) is 9.55 Å². The quantitative estimate of drug-likeness (QED) is 0.685. The van der Waals surface area contributed by atoms with Crippen LogP contribution < -0.4 is 0 Å². The zero-order valence-corrected chi connectivity index (χ0v) is 12.6. The molecule has 1 amide bonds. The van der Waals surface area contributed by atoms with Gasteiger partial charge in [0.2, 0.25) is 5.91 Å². The molecule has 1 aliphatic carbocycles. The molecule has 1 aliphatic rings. The number of aromatic nitrogens is 2. The number of hydrogen-bond donors (Lipinski definition) is 0. The van der Waals surface area contributed by atoms with Crippen LogP contribution in [0.25, 0.3) is 0 Å². The number of imidazole rings is 1. The minimum absolute atomic E-state index is 0.0455. The van der Waals surface area contributed by atoms with Crippen molar-refractivity contribution < 1.29 is 4.79 Å². The lowest BCUT2D eigenvalue weighted by molar-refractivity contribution is -0.128. The summed E-state index contributed by atoms with van der Waals surface area (Å²) < 4.78 is 2.12. The highest BCUT2D eigenvalue weighted by atomic mass is 32.2. The molecule has 1 saturated carbocycles. The van der Waals surface area contributed by atoms with E-state index >= 15 is 0 Å². The Hall–Kier alpha value is -1.99. The van der Waals surface area contributed by atoms with E-state index in [1.807, 2.05) is 18.3 Å². The fourth-order valence-corrected chi connectivity index (χ4v) is 2.92. The monoisotopic (exact) mass is 303 g/mol. The Morgan fingerprint density at radius 1 is 1.38 bits per heavy atom. The third kappa shape index (κ3) is 4.51. The summed E-state index contributed by atoms with van der Waals surface area (Å²) in [4.78, 5) is 18.1. The summed E-state index contributed by atoms with van der Waals surface area (Å²) in [5.41, 5.74) is 0. The molecule has 110 valence electrons. The van der Waals surface area contributed by atoms with Crippen LogP contribution >= 0.6 is 11.8 Å². The lowest BCUT2D eigenvalue weighted by Gasteiger charge is -2.20. The molecule has 21 heavy (non-hydrogen) atoms. The summed E-state index contributed by atoms with van der Waals surface area (Å²) in [6, 6.07) is 4.60. The number of amides is 1. The Kier molecular flexibility index (Phi) is 5.65. The van der Waals surface area contributed by atoms with Gasteiger partial charge in [0.25, 0.3) is 0 Å². The molecule has 1 fully saturated rings. The van der Waals surface area contributed by atoms with Crippen molar-refractivity contribution in [2.45, 2.75) is 36.9 Å². The van der Waals surface area contributed by atoms with Crippen molar-refractivity contribution in [3.63, 3.8) is 0 Å². The Balaban J connectivity index is 1.87.